The number of amides is 4. The van der Waals surface area contributed by atoms with Gasteiger partial charge in [0.25, 0.3) is 5.91 Å². The highest BCUT2D eigenvalue weighted by molar-refractivity contribution is 7.21. The van der Waals surface area contributed by atoms with Crippen LogP contribution in [0.25, 0.3) is 10.2 Å². The van der Waals surface area contributed by atoms with Gasteiger partial charge in [-0.1, -0.05) is 30.8 Å². The number of nitrogens with one attached hydrogen (secondary N) is 2. The first-order valence-electron chi connectivity index (χ1n) is 12.9. The van der Waals surface area contributed by atoms with Crippen LogP contribution >= 0.6 is 11.3 Å². The second-order valence-corrected chi connectivity index (χ2v) is 10.5. The minimum atomic E-state index is -0.429. The molecule has 202 valence electrons. The predicted molar refractivity (Wildman–Crippen MR) is 153 cm³/mol. The van der Waals surface area contributed by atoms with Crippen molar-refractivity contribution in [1.29, 1.82) is 0 Å². The molecule has 0 aliphatic carbocycles. The molecule has 1 fully saturated rings. The number of ether oxygens (including phenoxy) is 1. The highest BCUT2D eigenvalue weighted by atomic mass is 32.1. The maximum Gasteiger partial charge on any atom is 0.332 e. The summed E-state index contributed by atoms with van der Waals surface area (Å²) in [7, 11) is 0. The second-order valence-electron chi connectivity index (χ2n) is 9.47. The average molecular weight is 555 g/mol. The molecule has 0 saturated carbocycles. The van der Waals surface area contributed by atoms with Crippen LogP contribution in [0.15, 0.2) is 73.4 Å². The zero-order valence-corrected chi connectivity index (χ0v) is 22.3. The molecular weight excluding hydrogens is 528 g/mol. The number of urea groups is 1. The van der Waals surface area contributed by atoms with E-state index in [4.69, 9.17) is 4.74 Å². The van der Waals surface area contributed by atoms with Crippen LogP contribution in [-0.4, -0.2) is 51.8 Å². The van der Waals surface area contributed by atoms with E-state index in [1.165, 1.54) is 22.3 Å². The number of hydrogen-bond donors (Lipinski definition) is 2. The van der Waals surface area contributed by atoms with Gasteiger partial charge in [-0.15, -0.1) is 11.3 Å². The molecule has 3 aromatic heterocycles. The largest absolute Gasteiger partial charge is 0.487 e. The van der Waals surface area contributed by atoms with E-state index in [-0.39, 0.29) is 24.5 Å². The van der Waals surface area contributed by atoms with Crippen molar-refractivity contribution in [2.75, 3.05) is 23.3 Å². The van der Waals surface area contributed by atoms with Crippen molar-refractivity contribution in [3.63, 3.8) is 0 Å². The van der Waals surface area contributed by atoms with Crippen LogP contribution in [-0.2, 0) is 11.4 Å². The number of carbonyl (C=O) groups excluding carboxylic acids is 3. The van der Waals surface area contributed by atoms with Gasteiger partial charge in [0, 0.05) is 25.3 Å². The summed E-state index contributed by atoms with van der Waals surface area (Å²) in [4.78, 5) is 52.2. The number of piperidine rings is 1. The summed E-state index contributed by atoms with van der Waals surface area (Å²) in [6, 6.07) is 16.0. The number of aromatic nitrogens is 2. The van der Waals surface area contributed by atoms with Gasteiger partial charge in [-0.2, -0.15) is 0 Å². The minimum Gasteiger partial charge on any atom is -0.487 e. The molecule has 2 aliphatic rings. The van der Waals surface area contributed by atoms with Crippen molar-refractivity contribution >= 4 is 56.6 Å². The van der Waals surface area contributed by atoms with Crippen molar-refractivity contribution in [2.24, 2.45) is 0 Å². The Kier molecular flexibility index (Phi) is 6.87. The van der Waals surface area contributed by atoms with Gasteiger partial charge in [0.15, 0.2) is 0 Å². The van der Waals surface area contributed by atoms with Crippen LogP contribution in [0.2, 0.25) is 0 Å². The Morgan fingerprint density at radius 1 is 1.18 bits per heavy atom. The van der Waals surface area contributed by atoms with E-state index in [1.807, 2.05) is 42.5 Å². The minimum absolute atomic E-state index is 0.151. The number of benzene rings is 1. The number of anilines is 3. The third-order valence-electron chi connectivity index (χ3n) is 6.85. The van der Waals surface area contributed by atoms with E-state index in [1.54, 1.807) is 23.2 Å². The molecule has 1 atom stereocenters. The molecule has 0 radical (unpaired) electrons. The van der Waals surface area contributed by atoms with Crippen molar-refractivity contribution in [3.05, 3.63) is 84.0 Å². The lowest BCUT2D eigenvalue weighted by atomic mass is 10.1. The van der Waals surface area contributed by atoms with Gasteiger partial charge >= 0.3 is 6.03 Å². The lowest BCUT2D eigenvalue weighted by molar-refractivity contribution is -0.127. The summed E-state index contributed by atoms with van der Waals surface area (Å²) >= 11 is 1.22. The lowest BCUT2D eigenvalue weighted by Gasteiger charge is -2.32. The van der Waals surface area contributed by atoms with Gasteiger partial charge in [-0.05, 0) is 49.2 Å². The highest BCUT2D eigenvalue weighted by Gasteiger charge is 2.34. The summed E-state index contributed by atoms with van der Waals surface area (Å²) < 4.78 is 5.83. The Balaban J connectivity index is 1.27. The third kappa shape index (κ3) is 4.87. The van der Waals surface area contributed by atoms with Gasteiger partial charge in [-0.3, -0.25) is 9.59 Å². The first kappa shape index (κ1) is 25.5. The molecule has 5 heterocycles. The van der Waals surface area contributed by atoms with E-state index in [0.29, 0.717) is 51.1 Å². The number of hydrogen-bond acceptors (Lipinski definition) is 7. The molecule has 0 unspecified atom stereocenters. The van der Waals surface area contributed by atoms with E-state index < -0.39 is 6.03 Å². The normalized spacial score (nSPS) is 16.4. The Morgan fingerprint density at radius 3 is 2.85 bits per heavy atom. The van der Waals surface area contributed by atoms with Crippen LogP contribution in [0.3, 0.4) is 0 Å². The summed E-state index contributed by atoms with van der Waals surface area (Å²) in [5.74, 6) is 0.689. The first-order chi connectivity index (χ1) is 19.5. The molecule has 1 saturated heterocycles. The smallest absolute Gasteiger partial charge is 0.332 e. The Bertz CT molecular complexity index is 1620. The van der Waals surface area contributed by atoms with Gasteiger partial charge in [0.05, 0.1) is 22.5 Å². The van der Waals surface area contributed by atoms with Crippen molar-refractivity contribution in [2.45, 2.75) is 25.5 Å². The number of para-hydroxylation sites is 1. The summed E-state index contributed by atoms with van der Waals surface area (Å²) in [5, 5.41) is 6.62. The Hall–Kier alpha value is -4.77. The maximum atomic E-state index is 13.4. The fourth-order valence-corrected chi connectivity index (χ4v) is 6.02. The monoisotopic (exact) mass is 554 g/mol. The molecule has 11 heteroatoms. The number of carbonyl (C=O) groups is 3. The van der Waals surface area contributed by atoms with Crippen LogP contribution in [0.1, 0.15) is 28.2 Å². The number of rotatable bonds is 7. The maximum absolute atomic E-state index is 13.4. The van der Waals surface area contributed by atoms with Crippen molar-refractivity contribution < 1.29 is 19.1 Å². The molecule has 40 heavy (non-hydrogen) atoms. The molecule has 6 rings (SSSR count). The van der Waals surface area contributed by atoms with E-state index in [2.05, 4.69) is 27.2 Å². The first-order valence-corrected chi connectivity index (χ1v) is 13.7. The predicted octanol–water partition coefficient (Wildman–Crippen LogP) is 4.86. The number of thiophene rings is 1. The summed E-state index contributed by atoms with van der Waals surface area (Å²) in [6.07, 6.45) is 4.44. The molecule has 2 aliphatic heterocycles. The van der Waals surface area contributed by atoms with Gasteiger partial charge in [-0.25, -0.2) is 19.7 Å². The Morgan fingerprint density at radius 2 is 2.02 bits per heavy atom. The van der Waals surface area contributed by atoms with Crippen molar-refractivity contribution in [3.8, 4) is 5.75 Å². The van der Waals surface area contributed by atoms with Crippen LogP contribution in [0.4, 0.5) is 22.0 Å². The van der Waals surface area contributed by atoms with E-state index in [9.17, 15) is 14.4 Å². The molecule has 10 nitrogen and oxygen atoms in total. The number of pyridine rings is 2. The van der Waals surface area contributed by atoms with Gasteiger partial charge in [0.1, 0.15) is 27.9 Å². The summed E-state index contributed by atoms with van der Waals surface area (Å²) in [5.41, 5.74) is 1.68. The standard InChI is InChI=1S/C29H26N6O4S/c1-2-23(36)34-15-7-9-18(16-34)32-27(37)26-25-24-21(13-14-30-28(24)40-26)35(29(38)33-25)22-12-6-8-19(31-22)17-39-20-10-4-3-5-11-20/h2-6,8,10-14,18H,1,7,9,15-17H2,(H,32,37)(H,33,38)/t18-/m1/s1. The van der Waals surface area contributed by atoms with E-state index in [0.717, 1.165) is 18.6 Å². The lowest BCUT2D eigenvalue weighted by Crippen LogP contribution is -2.49. The number of likely N-dealkylation sites (tertiary alicyclic amines) is 1. The van der Waals surface area contributed by atoms with Crippen molar-refractivity contribution in [1.82, 2.24) is 20.2 Å². The van der Waals surface area contributed by atoms with Crippen LogP contribution < -0.4 is 20.3 Å². The zero-order valence-electron chi connectivity index (χ0n) is 21.5. The van der Waals surface area contributed by atoms with Gasteiger partial charge in [0.2, 0.25) is 5.91 Å². The topological polar surface area (TPSA) is 117 Å². The molecule has 0 bridgehead atoms. The quantitative estimate of drug-likeness (QED) is 0.315. The fourth-order valence-electron chi connectivity index (χ4n) is 4.99. The molecule has 4 amide bonds. The van der Waals surface area contributed by atoms with E-state index >= 15 is 0 Å². The second kappa shape index (κ2) is 10.8. The van der Waals surface area contributed by atoms with Gasteiger partial charge < -0.3 is 20.3 Å². The number of nitrogens with zero attached hydrogens (tertiary/aromatic N) is 4. The van der Waals surface area contributed by atoms with Crippen LogP contribution in [0, 0.1) is 0 Å². The summed E-state index contributed by atoms with van der Waals surface area (Å²) in [6.45, 7) is 4.84. The Labute approximate surface area is 234 Å². The molecule has 4 aromatic rings. The zero-order chi connectivity index (χ0) is 27.6. The highest BCUT2D eigenvalue weighted by Crippen LogP contribution is 2.45. The van der Waals surface area contributed by atoms with Crippen LogP contribution in [0.5, 0.6) is 5.75 Å². The molecule has 1 aromatic carbocycles. The average Bonchev–Trinajstić information content (AvgIpc) is 3.36. The molecular formula is C29H26N6O4S. The molecule has 2 N–H and O–H groups in total. The third-order valence-corrected chi connectivity index (χ3v) is 7.94. The molecule has 0 spiro atoms. The fraction of sp³-hybridized carbons (Fsp3) is 0.207. The SMILES string of the molecule is C=CC(=O)N1CCC[C@@H](NC(=O)c2sc3nccc4c3c2NC(=O)N4c2cccc(COc3ccccc3)n2)C1.